The van der Waals surface area contributed by atoms with Crippen LogP contribution < -0.4 is 5.32 Å². The largest absolute Gasteiger partial charge is 0.376 e. The van der Waals surface area contributed by atoms with Gasteiger partial charge in [0, 0.05) is 13.7 Å². The highest BCUT2D eigenvalue weighted by Crippen LogP contribution is 2.13. The fourth-order valence-corrected chi connectivity index (χ4v) is 1.29. The van der Waals surface area contributed by atoms with E-state index in [2.05, 4.69) is 5.32 Å². The summed E-state index contributed by atoms with van der Waals surface area (Å²) in [4.78, 5) is 0. The van der Waals surface area contributed by atoms with Crippen molar-refractivity contribution >= 4 is 0 Å². The first-order valence-electron chi connectivity index (χ1n) is 4.18. The lowest BCUT2D eigenvalue weighted by Gasteiger charge is -2.29. The standard InChI is InChI=1S/C8H17NO3/c1-9-5-8(10-2)6-11-3-4-12-7-8/h9H,3-7H2,1-2H3. The maximum Gasteiger partial charge on any atom is 0.126 e. The van der Waals surface area contributed by atoms with E-state index in [-0.39, 0.29) is 5.60 Å². The normalized spacial score (nSPS) is 23.5. The molecule has 0 bridgehead atoms. The minimum atomic E-state index is -0.300. The first-order chi connectivity index (χ1) is 5.83. The lowest BCUT2D eigenvalue weighted by molar-refractivity contribution is -0.0817. The molecular formula is C8H17NO3. The van der Waals surface area contributed by atoms with Crippen LogP contribution in [0.4, 0.5) is 0 Å². The molecule has 12 heavy (non-hydrogen) atoms. The van der Waals surface area contributed by atoms with Gasteiger partial charge in [0.1, 0.15) is 5.60 Å². The first-order valence-corrected chi connectivity index (χ1v) is 4.18. The van der Waals surface area contributed by atoms with Crippen molar-refractivity contribution in [2.75, 3.05) is 47.1 Å². The Balaban J connectivity index is 2.48. The number of rotatable bonds is 3. The summed E-state index contributed by atoms with van der Waals surface area (Å²) in [6, 6.07) is 0. The molecule has 4 nitrogen and oxygen atoms in total. The highest BCUT2D eigenvalue weighted by atomic mass is 16.6. The molecule has 4 heteroatoms. The van der Waals surface area contributed by atoms with Gasteiger partial charge in [-0.1, -0.05) is 0 Å². The van der Waals surface area contributed by atoms with E-state index >= 15 is 0 Å². The van der Waals surface area contributed by atoms with Crippen LogP contribution in [0.5, 0.6) is 0 Å². The monoisotopic (exact) mass is 175 g/mol. The Kier molecular flexibility index (Phi) is 3.94. The minimum absolute atomic E-state index is 0.300. The predicted molar refractivity (Wildman–Crippen MR) is 45.3 cm³/mol. The van der Waals surface area contributed by atoms with Gasteiger partial charge in [-0.05, 0) is 7.05 Å². The highest BCUT2D eigenvalue weighted by molar-refractivity contribution is 4.83. The molecule has 0 spiro atoms. The zero-order chi connectivity index (χ0) is 8.86. The average Bonchev–Trinajstić information content (AvgIpc) is 2.32. The summed E-state index contributed by atoms with van der Waals surface area (Å²) >= 11 is 0. The van der Waals surface area contributed by atoms with Crippen LogP contribution in [-0.4, -0.2) is 52.7 Å². The van der Waals surface area contributed by atoms with Crippen LogP contribution in [0.2, 0.25) is 0 Å². The zero-order valence-corrected chi connectivity index (χ0v) is 7.76. The van der Waals surface area contributed by atoms with Crippen LogP contribution >= 0.6 is 0 Å². The van der Waals surface area contributed by atoms with E-state index in [0.29, 0.717) is 26.4 Å². The van der Waals surface area contributed by atoms with Crippen LogP contribution in [0.15, 0.2) is 0 Å². The van der Waals surface area contributed by atoms with Gasteiger partial charge in [0.25, 0.3) is 0 Å². The maximum atomic E-state index is 5.39. The van der Waals surface area contributed by atoms with Crippen LogP contribution in [-0.2, 0) is 14.2 Å². The Bertz CT molecular complexity index is 121. The molecule has 72 valence electrons. The van der Waals surface area contributed by atoms with E-state index in [1.54, 1.807) is 7.11 Å². The van der Waals surface area contributed by atoms with Gasteiger partial charge in [0.05, 0.1) is 26.4 Å². The van der Waals surface area contributed by atoms with Crippen molar-refractivity contribution in [3.05, 3.63) is 0 Å². The van der Waals surface area contributed by atoms with E-state index in [4.69, 9.17) is 14.2 Å². The molecule has 0 aromatic carbocycles. The molecule has 1 rings (SSSR count). The third-order valence-corrected chi connectivity index (χ3v) is 2.03. The summed E-state index contributed by atoms with van der Waals surface area (Å²) in [5, 5.41) is 3.07. The SMILES string of the molecule is CNCC1(OC)COCCOC1. The zero-order valence-electron chi connectivity index (χ0n) is 7.76. The molecule has 0 amide bonds. The topological polar surface area (TPSA) is 39.7 Å². The molecule has 1 saturated heterocycles. The quantitative estimate of drug-likeness (QED) is 0.635. The Morgan fingerprint density at radius 3 is 2.33 bits per heavy atom. The van der Waals surface area contributed by atoms with Crippen molar-refractivity contribution in [1.29, 1.82) is 0 Å². The van der Waals surface area contributed by atoms with Gasteiger partial charge in [-0.3, -0.25) is 0 Å². The summed E-state index contributed by atoms with van der Waals surface area (Å²) in [6.45, 7) is 3.28. The smallest absolute Gasteiger partial charge is 0.126 e. The Labute approximate surface area is 73.2 Å². The lowest BCUT2D eigenvalue weighted by atomic mass is 10.1. The fraction of sp³-hybridized carbons (Fsp3) is 1.00. The van der Waals surface area contributed by atoms with Crippen LogP contribution in [0.3, 0.4) is 0 Å². The Morgan fingerprint density at radius 1 is 1.33 bits per heavy atom. The van der Waals surface area contributed by atoms with E-state index < -0.39 is 0 Å². The summed E-state index contributed by atoms with van der Waals surface area (Å²) in [5.74, 6) is 0. The highest BCUT2D eigenvalue weighted by Gasteiger charge is 2.31. The molecule has 1 aliphatic rings. The predicted octanol–water partition coefficient (Wildman–Crippen LogP) is -0.362. The van der Waals surface area contributed by atoms with Crippen molar-refractivity contribution < 1.29 is 14.2 Å². The molecule has 0 aromatic rings. The Hall–Kier alpha value is -0.160. The van der Waals surface area contributed by atoms with Crippen molar-refractivity contribution in [3.8, 4) is 0 Å². The van der Waals surface area contributed by atoms with Crippen molar-refractivity contribution in [2.24, 2.45) is 0 Å². The second kappa shape index (κ2) is 4.77. The lowest BCUT2D eigenvalue weighted by Crippen LogP contribution is -2.48. The minimum Gasteiger partial charge on any atom is -0.376 e. The van der Waals surface area contributed by atoms with Crippen molar-refractivity contribution in [1.82, 2.24) is 5.32 Å². The number of hydrogen-bond donors (Lipinski definition) is 1. The summed E-state index contributed by atoms with van der Waals surface area (Å²) in [6.07, 6.45) is 0. The van der Waals surface area contributed by atoms with E-state index in [9.17, 15) is 0 Å². The molecule has 0 aliphatic carbocycles. The average molecular weight is 175 g/mol. The number of likely N-dealkylation sites (N-methyl/N-ethyl adjacent to an activating group) is 1. The maximum absolute atomic E-state index is 5.39. The van der Waals surface area contributed by atoms with Gasteiger partial charge in [0.15, 0.2) is 0 Å². The third kappa shape index (κ3) is 2.42. The van der Waals surface area contributed by atoms with Gasteiger partial charge < -0.3 is 19.5 Å². The van der Waals surface area contributed by atoms with Crippen LogP contribution in [0, 0.1) is 0 Å². The van der Waals surface area contributed by atoms with Gasteiger partial charge in [-0.15, -0.1) is 0 Å². The molecule has 0 atom stereocenters. The van der Waals surface area contributed by atoms with Crippen LogP contribution in [0.25, 0.3) is 0 Å². The molecule has 1 N–H and O–H groups in total. The summed E-state index contributed by atoms with van der Waals surface area (Å²) in [7, 11) is 3.58. The number of nitrogens with one attached hydrogen (secondary N) is 1. The van der Waals surface area contributed by atoms with Gasteiger partial charge in [-0.25, -0.2) is 0 Å². The van der Waals surface area contributed by atoms with Gasteiger partial charge in [0.2, 0.25) is 0 Å². The van der Waals surface area contributed by atoms with E-state index in [0.717, 1.165) is 6.54 Å². The molecule has 1 heterocycles. The van der Waals surface area contributed by atoms with E-state index in [1.807, 2.05) is 7.05 Å². The summed E-state index contributed by atoms with van der Waals surface area (Å²) < 4.78 is 16.1. The third-order valence-electron chi connectivity index (χ3n) is 2.03. The molecule has 0 unspecified atom stereocenters. The van der Waals surface area contributed by atoms with Crippen molar-refractivity contribution in [2.45, 2.75) is 5.60 Å². The number of hydrogen-bond acceptors (Lipinski definition) is 4. The second-order valence-electron chi connectivity index (χ2n) is 3.02. The molecule has 1 aliphatic heterocycles. The fourth-order valence-electron chi connectivity index (χ4n) is 1.29. The molecule has 0 radical (unpaired) electrons. The molecule has 0 saturated carbocycles. The molecular weight excluding hydrogens is 158 g/mol. The first kappa shape index (κ1) is 9.92. The van der Waals surface area contributed by atoms with Crippen LogP contribution in [0.1, 0.15) is 0 Å². The van der Waals surface area contributed by atoms with Crippen molar-refractivity contribution in [3.63, 3.8) is 0 Å². The van der Waals surface area contributed by atoms with Gasteiger partial charge >= 0.3 is 0 Å². The number of ether oxygens (including phenoxy) is 3. The second-order valence-corrected chi connectivity index (χ2v) is 3.02. The summed E-state index contributed by atoms with van der Waals surface area (Å²) in [5.41, 5.74) is -0.300. The Morgan fingerprint density at radius 2 is 1.92 bits per heavy atom. The van der Waals surface area contributed by atoms with E-state index in [1.165, 1.54) is 0 Å². The van der Waals surface area contributed by atoms with Gasteiger partial charge in [-0.2, -0.15) is 0 Å². The number of methoxy groups -OCH3 is 1. The molecule has 1 fully saturated rings. The molecule has 0 aromatic heterocycles.